The van der Waals surface area contributed by atoms with Gasteiger partial charge in [-0.25, -0.2) is 4.79 Å². The van der Waals surface area contributed by atoms with Crippen molar-refractivity contribution in [3.63, 3.8) is 0 Å². The first-order chi connectivity index (χ1) is 14.2. The molecule has 0 aliphatic heterocycles. The van der Waals surface area contributed by atoms with E-state index in [2.05, 4.69) is 20.8 Å². The summed E-state index contributed by atoms with van der Waals surface area (Å²) in [6.07, 6.45) is 0. The Labute approximate surface area is 171 Å². The molecule has 29 heavy (non-hydrogen) atoms. The van der Waals surface area contributed by atoms with Crippen LogP contribution in [0.3, 0.4) is 0 Å². The summed E-state index contributed by atoms with van der Waals surface area (Å²) in [7, 11) is 0. The maximum atomic E-state index is 12.4. The van der Waals surface area contributed by atoms with Crippen molar-refractivity contribution < 1.29 is 14.1 Å². The molecule has 7 nitrogen and oxygen atoms in total. The van der Waals surface area contributed by atoms with Crippen LogP contribution in [-0.4, -0.2) is 22.8 Å². The second-order valence-electron chi connectivity index (χ2n) is 5.99. The van der Waals surface area contributed by atoms with E-state index in [-0.39, 0.29) is 6.03 Å². The molecule has 146 valence electrons. The van der Waals surface area contributed by atoms with Crippen molar-refractivity contribution >= 4 is 28.7 Å². The number of anilines is 2. The molecule has 0 spiro atoms. The highest BCUT2D eigenvalue weighted by atomic mass is 32.1. The first-order valence-corrected chi connectivity index (χ1v) is 9.89. The molecule has 0 saturated carbocycles. The monoisotopic (exact) mass is 406 g/mol. The van der Waals surface area contributed by atoms with E-state index in [0.717, 1.165) is 10.4 Å². The number of ether oxygens (including phenoxy) is 1. The van der Waals surface area contributed by atoms with Gasteiger partial charge in [0.1, 0.15) is 5.75 Å². The lowest BCUT2D eigenvalue weighted by Gasteiger charge is -2.12. The van der Waals surface area contributed by atoms with Crippen LogP contribution in [0.1, 0.15) is 6.92 Å². The van der Waals surface area contributed by atoms with E-state index in [1.165, 1.54) is 11.3 Å². The number of aromatic nitrogens is 2. The number of carbonyl (C=O) groups excluding carboxylic acids is 1. The van der Waals surface area contributed by atoms with Crippen LogP contribution in [0.25, 0.3) is 22.2 Å². The summed E-state index contributed by atoms with van der Waals surface area (Å²) in [4.78, 5) is 17.8. The molecule has 2 heterocycles. The Balaban J connectivity index is 1.47. The van der Waals surface area contributed by atoms with Gasteiger partial charge in [-0.3, -0.25) is 0 Å². The van der Waals surface area contributed by atoms with Crippen molar-refractivity contribution in [3.8, 4) is 27.9 Å². The number of rotatable bonds is 6. The van der Waals surface area contributed by atoms with Crippen LogP contribution in [0.2, 0.25) is 0 Å². The third-order valence-corrected chi connectivity index (χ3v) is 4.83. The van der Waals surface area contributed by atoms with Gasteiger partial charge in [-0.15, -0.1) is 11.3 Å². The highest BCUT2D eigenvalue weighted by Crippen LogP contribution is 2.27. The van der Waals surface area contributed by atoms with Crippen LogP contribution in [0, 0.1) is 0 Å². The third-order valence-electron chi connectivity index (χ3n) is 3.97. The summed E-state index contributed by atoms with van der Waals surface area (Å²) in [5.74, 6) is 1.55. The number of hydrogen-bond acceptors (Lipinski definition) is 6. The Morgan fingerprint density at radius 3 is 2.83 bits per heavy atom. The van der Waals surface area contributed by atoms with Gasteiger partial charge in [0.15, 0.2) is 0 Å². The number of urea groups is 1. The number of carbonyl (C=O) groups is 1. The number of nitrogens with one attached hydrogen (secondary N) is 2. The molecule has 4 rings (SSSR count). The lowest BCUT2D eigenvalue weighted by atomic mass is 10.2. The van der Waals surface area contributed by atoms with Gasteiger partial charge in [-0.1, -0.05) is 35.5 Å². The number of benzene rings is 2. The molecule has 8 heteroatoms. The molecule has 0 atom stereocenters. The molecule has 0 aliphatic carbocycles. The van der Waals surface area contributed by atoms with Gasteiger partial charge in [0.25, 0.3) is 5.89 Å². The van der Waals surface area contributed by atoms with Crippen LogP contribution < -0.4 is 15.4 Å². The van der Waals surface area contributed by atoms with Crippen molar-refractivity contribution in [2.24, 2.45) is 0 Å². The summed E-state index contributed by atoms with van der Waals surface area (Å²) >= 11 is 1.53. The van der Waals surface area contributed by atoms with E-state index in [0.29, 0.717) is 35.4 Å². The van der Waals surface area contributed by atoms with Gasteiger partial charge in [0.05, 0.1) is 17.2 Å². The summed E-state index contributed by atoms with van der Waals surface area (Å²) < 4.78 is 10.9. The Hall–Kier alpha value is -3.65. The smallest absolute Gasteiger partial charge is 0.323 e. The summed E-state index contributed by atoms with van der Waals surface area (Å²) in [5.41, 5.74) is 1.95. The molecule has 2 amide bonds. The molecule has 2 N–H and O–H groups in total. The fourth-order valence-corrected chi connectivity index (χ4v) is 3.36. The molecule has 4 aromatic rings. The van der Waals surface area contributed by atoms with Crippen LogP contribution in [0.15, 0.2) is 70.6 Å². The van der Waals surface area contributed by atoms with Gasteiger partial charge < -0.3 is 19.9 Å². The van der Waals surface area contributed by atoms with Gasteiger partial charge in [-0.05, 0) is 42.6 Å². The lowest BCUT2D eigenvalue weighted by molar-refractivity contribution is 0.262. The molecular formula is C21H18N4O3S. The Kier molecular flexibility index (Phi) is 5.53. The molecule has 0 saturated heterocycles. The molecule has 0 fully saturated rings. The maximum absolute atomic E-state index is 12.4. The van der Waals surface area contributed by atoms with Crippen molar-refractivity contribution in [1.82, 2.24) is 10.1 Å². The fourth-order valence-electron chi connectivity index (χ4n) is 2.71. The second kappa shape index (κ2) is 8.57. The quantitative estimate of drug-likeness (QED) is 0.441. The average Bonchev–Trinajstić information content (AvgIpc) is 3.42. The minimum atomic E-state index is -0.373. The molecule has 0 radical (unpaired) electrons. The third kappa shape index (κ3) is 4.44. The molecule has 2 aromatic heterocycles. The average molecular weight is 406 g/mol. The van der Waals surface area contributed by atoms with Crippen molar-refractivity contribution in [2.45, 2.75) is 6.92 Å². The minimum Gasteiger partial charge on any atom is -0.492 e. The standard InChI is InChI=1S/C21H18N4O3S/c1-2-27-17-10-4-3-9-16(17)23-21(26)22-15-8-5-7-14(13-15)19-24-20(28-25-19)18-11-6-12-29-18/h3-13H,2H2,1H3,(H2,22,23,26). The van der Waals surface area contributed by atoms with Crippen LogP contribution >= 0.6 is 11.3 Å². The van der Waals surface area contributed by atoms with E-state index < -0.39 is 0 Å². The lowest BCUT2D eigenvalue weighted by Crippen LogP contribution is -2.19. The molecule has 0 bridgehead atoms. The maximum Gasteiger partial charge on any atom is 0.323 e. The highest BCUT2D eigenvalue weighted by Gasteiger charge is 2.13. The number of para-hydroxylation sites is 2. The number of nitrogens with zero attached hydrogens (tertiary/aromatic N) is 2. The Bertz CT molecular complexity index is 1110. The first-order valence-electron chi connectivity index (χ1n) is 9.01. The predicted molar refractivity (Wildman–Crippen MR) is 113 cm³/mol. The molecule has 2 aromatic carbocycles. The van der Waals surface area contributed by atoms with E-state index in [1.807, 2.05) is 48.7 Å². The van der Waals surface area contributed by atoms with Crippen LogP contribution in [0.5, 0.6) is 5.75 Å². The van der Waals surface area contributed by atoms with Crippen molar-refractivity contribution in [1.29, 1.82) is 0 Å². The van der Waals surface area contributed by atoms with Gasteiger partial charge in [-0.2, -0.15) is 4.98 Å². The zero-order chi connectivity index (χ0) is 20.1. The summed E-state index contributed by atoms with van der Waals surface area (Å²) in [6, 6.07) is 18.0. The second-order valence-corrected chi connectivity index (χ2v) is 6.94. The largest absolute Gasteiger partial charge is 0.492 e. The van der Waals surface area contributed by atoms with Crippen LogP contribution in [-0.2, 0) is 0 Å². The Morgan fingerprint density at radius 1 is 1.10 bits per heavy atom. The van der Waals surface area contributed by atoms with Gasteiger partial charge in [0.2, 0.25) is 5.82 Å². The van der Waals surface area contributed by atoms with Gasteiger partial charge in [0, 0.05) is 11.3 Å². The molecule has 0 aliphatic rings. The number of amides is 2. The topological polar surface area (TPSA) is 89.3 Å². The predicted octanol–water partition coefficient (Wildman–Crippen LogP) is 5.51. The van der Waals surface area contributed by atoms with Crippen LogP contribution in [0.4, 0.5) is 16.2 Å². The summed E-state index contributed by atoms with van der Waals surface area (Å²) in [6.45, 7) is 2.41. The minimum absolute atomic E-state index is 0.373. The van der Waals surface area contributed by atoms with E-state index in [4.69, 9.17) is 9.26 Å². The SMILES string of the molecule is CCOc1ccccc1NC(=O)Nc1cccc(-c2noc(-c3cccs3)n2)c1. The number of thiophene rings is 1. The fraction of sp³-hybridized carbons (Fsp3) is 0.0952. The normalized spacial score (nSPS) is 10.5. The van der Waals surface area contributed by atoms with Gasteiger partial charge >= 0.3 is 6.03 Å². The van der Waals surface area contributed by atoms with Crippen molar-refractivity contribution in [3.05, 3.63) is 66.0 Å². The highest BCUT2D eigenvalue weighted by molar-refractivity contribution is 7.13. The van der Waals surface area contributed by atoms with E-state index >= 15 is 0 Å². The zero-order valence-corrected chi connectivity index (χ0v) is 16.4. The van der Waals surface area contributed by atoms with Crippen molar-refractivity contribution in [2.75, 3.05) is 17.2 Å². The molecule has 0 unspecified atom stereocenters. The molecular weight excluding hydrogens is 388 g/mol. The summed E-state index contributed by atoms with van der Waals surface area (Å²) in [5, 5.41) is 11.6. The Morgan fingerprint density at radius 2 is 2.00 bits per heavy atom. The zero-order valence-electron chi connectivity index (χ0n) is 15.6. The first kappa shape index (κ1) is 18.7. The van der Waals surface area contributed by atoms with E-state index in [1.54, 1.807) is 24.3 Å². The number of hydrogen-bond donors (Lipinski definition) is 2. The van der Waals surface area contributed by atoms with E-state index in [9.17, 15) is 4.79 Å².